The van der Waals surface area contributed by atoms with Gasteiger partial charge in [0.1, 0.15) is 5.57 Å². The highest BCUT2D eigenvalue weighted by Gasteiger charge is 2.34. The van der Waals surface area contributed by atoms with Crippen molar-refractivity contribution < 1.29 is 9.59 Å². The first-order chi connectivity index (χ1) is 13.9. The average Bonchev–Trinajstić information content (AvgIpc) is 3.23. The lowest BCUT2D eigenvalue weighted by Crippen LogP contribution is -2.54. The maximum absolute atomic E-state index is 13.0. The summed E-state index contributed by atoms with van der Waals surface area (Å²) < 4.78 is 0. The first-order valence-corrected chi connectivity index (χ1v) is 10.3. The van der Waals surface area contributed by atoms with Crippen LogP contribution in [-0.4, -0.2) is 30.0 Å². The third-order valence-electron chi connectivity index (χ3n) is 4.94. The lowest BCUT2D eigenvalue weighted by molar-refractivity contribution is -0.122. The molecule has 1 N–H and O–H groups in total. The van der Waals surface area contributed by atoms with Gasteiger partial charge in [-0.3, -0.25) is 19.8 Å². The second-order valence-corrected chi connectivity index (χ2v) is 8.04. The number of halogens is 2. The first-order valence-electron chi connectivity index (χ1n) is 9.15. The van der Waals surface area contributed by atoms with Gasteiger partial charge in [0, 0.05) is 18.8 Å². The van der Waals surface area contributed by atoms with Crippen molar-refractivity contribution in [1.82, 2.24) is 5.32 Å². The van der Waals surface area contributed by atoms with E-state index in [0.717, 1.165) is 24.3 Å². The van der Waals surface area contributed by atoms with E-state index < -0.39 is 11.8 Å². The number of carbonyl (C=O) groups excluding carboxylic acids is 2. The zero-order valence-corrected chi connectivity index (χ0v) is 17.7. The third-order valence-corrected chi connectivity index (χ3v) is 5.96. The fourth-order valence-electron chi connectivity index (χ4n) is 3.44. The molecule has 0 saturated carbocycles. The zero-order chi connectivity index (χ0) is 20.5. The number of benzene rings is 2. The normalized spacial score (nSPS) is 18.6. The molecule has 4 rings (SSSR count). The van der Waals surface area contributed by atoms with Gasteiger partial charge in [-0.2, -0.15) is 0 Å². The van der Waals surface area contributed by atoms with Crippen molar-refractivity contribution in [2.75, 3.05) is 22.9 Å². The van der Waals surface area contributed by atoms with Gasteiger partial charge in [-0.1, -0.05) is 35.3 Å². The van der Waals surface area contributed by atoms with Crippen LogP contribution in [0.15, 0.2) is 48.0 Å². The van der Waals surface area contributed by atoms with Crippen LogP contribution in [-0.2, 0) is 9.59 Å². The van der Waals surface area contributed by atoms with E-state index in [-0.39, 0.29) is 10.7 Å². The molecule has 0 aromatic heterocycles. The summed E-state index contributed by atoms with van der Waals surface area (Å²) in [6.07, 6.45) is 3.97. The number of amides is 2. The molecule has 2 saturated heterocycles. The Morgan fingerprint density at radius 1 is 0.931 bits per heavy atom. The van der Waals surface area contributed by atoms with Gasteiger partial charge < -0.3 is 4.90 Å². The number of hydrogen-bond acceptors (Lipinski definition) is 4. The van der Waals surface area contributed by atoms with Crippen molar-refractivity contribution in [3.05, 3.63) is 63.6 Å². The topological polar surface area (TPSA) is 52.7 Å². The van der Waals surface area contributed by atoms with E-state index >= 15 is 0 Å². The number of rotatable bonds is 3. The fourth-order valence-corrected chi connectivity index (χ4v) is 4.01. The molecule has 0 atom stereocenters. The van der Waals surface area contributed by atoms with E-state index in [1.165, 1.54) is 23.8 Å². The summed E-state index contributed by atoms with van der Waals surface area (Å²) in [5.74, 6) is -1.04. The number of hydrogen-bond donors (Lipinski definition) is 1. The highest BCUT2D eigenvalue weighted by atomic mass is 35.5. The maximum atomic E-state index is 13.0. The van der Waals surface area contributed by atoms with Crippen LogP contribution in [0, 0.1) is 0 Å². The van der Waals surface area contributed by atoms with E-state index in [1.807, 2.05) is 24.3 Å². The Morgan fingerprint density at radius 2 is 1.59 bits per heavy atom. The second-order valence-electron chi connectivity index (χ2n) is 6.84. The maximum Gasteiger partial charge on any atom is 0.270 e. The van der Waals surface area contributed by atoms with Crippen molar-refractivity contribution >= 4 is 69.8 Å². The number of carbonyl (C=O) groups is 2. The van der Waals surface area contributed by atoms with Gasteiger partial charge in [-0.25, -0.2) is 0 Å². The Morgan fingerprint density at radius 3 is 2.24 bits per heavy atom. The molecule has 0 bridgehead atoms. The third kappa shape index (κ3) is 4.01. The predicted molar refractivity (Wildman–Crippen MR) is 121 cm³/mol. The van der Waals surface area contributed by atoms with Crippen LogP contribution in [0.3, 0.4) is 0 Å². The van der Waals surface area contributed by atoms with Crippen LogP contribution in [0.5, 0.6) is 0 Å². The minimum atomic E-state index is -0.528. The Balaban J connectivity index is 1.63. The molecule has 0 unspecified atom stereocenters. The SMILES string of the molecule is O=C1NC(=S)N(c2ccc(Cl)c(Cl)c2)C(=O)/C1=C\c1ccc(N2CCCC2)cc1. The molecule has 2 aliphatic rings. The number of nitrogens with one attached hydrogen (secondary N) is 1. The molecule has 5 nitrogen and oxygen atoms in total. The molecular weight excluding hydrogens is 429 g/mol. The summed E-state index contributed by atoms with van der Waals surface area (Å²) in [5, 5.41) is 3.22. The van der Waals surface area contributed by atoms with Crippen molar-refractivity contribution in [3.63, 3.8) is 0 Å². The molecule has 0 radical (unpaired) electrons. The van der Waals surface area contributed by atoms with Crippen LogP contribution >= 0.6 is 35.4 Å². The fraction of sp³-hybridized carbons (Fsp3) is 0.190. The largest absolute Gasteiger partial charge is 0.372 e. The second kappa shape index (κ2) is 8.14. The highest BCUT2D eigenvalue weighted by Crippen LogP contribution is 2.29. The molecule has 29 heavy (non-hydrogen) atoms. The van der Waals surface area contributed by atoms with Gasteiger partial charge >= 0.3 is 0 Å². The standard InChI is InChI=1S/C21H17Cl2N3O2S/c22-17-8-7-15(12-18(17)23)26-20(28)16(19(27)24-21(26)29)11-13-3-5-14(6-4-13)25-9-1-2-10-25/h3-8,11-12H,1-2,9-10H2,(H,24,27,29)/b16-11-. The highest BCUT2D eigenvalue weighted by molar-refractivity contribution is 7.80. The van der Waals surface area contributed by atoms with E-state index in [1.54, 1.807) is 18.2 Å². The Hall–Kier alpha value is -2.41. The number of thiocarbonyl (C=S) groups is 1. The van der Waals surface area contributed by atoms with Crippen LogP contribution in [0.2, 0.25) is 10.0 Å². The number of anilines is 2. The summed E-state index contributed by atoms with van der Waals surface area (Å²) in [6.45, 7) is 2.11. The van der Waals surface area contributed by atoms with E-state index in [4.69, 9.17) is 35.4 Å². The summed E-state index contributed by atoms with van der Waals surface area (Å²) >= 11 is 17.2. The molecule has 2 heterocycles. The van der Waals surface area contributed by atoms with Gasteiger partial charge in [0.2, 0.25) is 0 Å². The van der Waals surface area contributed by atoms with Crippen molar-refractivity contribution in [3.8, 4) is 0 Å². The first kappa shape index (κ1) is 19.9. The van der Waals surface area contributed by atoms with Gasteiger partial charge in [-0.15, -0.1) is 0 Å². The lowest BCUT2D eigenvalue weighted by atomic mass is 10.1. The quantitative estimate of drug-likeness (QED) is 0.431. The van der Waals surface area contributed by atoms with Crippen LogP contribution in [0.4, 0.5) is 11.4 Å². The number of nitrogens with zero attached hydrogens (tertiary/aromatic N) is 2. The van der Waals surface area contributed by atoms with Gasteiger partial charge in [0.15, 0.2) is 5.11 Å². The van der Waals surface area contributed by atoms with Crippen molar-refractivity contribution in [2.24, 2.45) is 0 Å². The molecule has 2 aromatic carbocycles. The van der Waals surface area contributed by atoms with Crippen LogP contribution in [0.25, 0.3) is 6.08 Å². The molecule has 148 valence electrons. The van der Waals surface area contributed by atoms with E-state index in [9.17, 15) is 9.59 Å². The molecule has 2 fully saturated rings. The molecule has 0 spiro atoms. The lowest BCUT2D eigenvalue weighted by Gasteiger charge is -2.29. The van der Waals surface area contributed by atoms with Crippen LogP contribution in [0.1, 0.15) is 18.4 Å². The Bertz CT molecular complexity index is 1030. The molecule has 0 aliphatic carbocycles. The molecule has 2 amide bonds. The van der Waals surface area contributed by atoms with Gasteiger partial charge in [-0.05, 0) is 67.0 Å². The zero-order valence-electron chi connectivity index (χ0n) is 15.3. The molecular formula is C21H17Cl2N3O2S. The summed E-state index contributed by atoms with van der Waals surface area (Å²) in [7, 11) is 0. The van der Waals surface area contributed by atoms with Crippen LogP contribution < -0.4 is 15.1 Å². The van der Waals surface area contributed by atoms with Crippen molar-refractivity contribution in [1.29, 1.82) is 0 Å². The molecule has 8 heteroatoms. The Kier molecular flexibility index (Phi) is 5.58. The smallest absolute Gasteiger partial charge is 0.270 e. The van der Waals surface area contributed by atoms with Gasteiger partial charge in [0.25, 0.3) is 11.8 Å². The monoisotopic (exact) mass is 445 g/mol. The van der Waals surface area contributed by atoms with E-state index in [0.29, 0.717) is 15.7 Å². The van der Waals surface area contributed by atoms with E-state index in [2.05, 4.69) is 10.2 Å². The van der Waals surface area contributed by atoms with Gasteiger partial charge in [0.05, 0.1) is 15.7 Å². The molecule has 2 aromatic rings. The predicted octanol–water partition coefficient (Wildman–Crippen LogP) is 4.42. The average molecular weight is 446 g/mol. The van der Waals surface area contributed by atoms with Crippen molar-refractivity contribution in [2.45, 2.75) is 12.8 Å². The minimum Gasteiger partial charge on any atom is -0.372 e. The Labute approximate surface area is 183 Å². The summed E-state index contributed by atoms with van der Waals surface area (Å²) in [5.41, 5.74) is 2.33. The minimum absolute atomic E-state index is 0.0000737. The molecule has 2 aliphatic heterocycles. The summed E-state index contributed by atoms with van der Waals surface area (Å²) in [6, 6.07) is 12.5. The summed E-state index contributed by atoms with van der Waals surface area (Å²) in [4.78, 5) is 29.0.